The monoisotopic (exact) mass is 300 g/mol. The highest BCUT2D eigenvalue weighted by molar-refractivity contribution is 5.94. The molecule has 1 aromatic rings. The maximum Gasteiger partial charge on any atom is 0.417 e. The van der Waals surface area contributed by atoms with E-state index in [9.17, 15) is 23.1 Å². The van der Waals surface area contributed by atoms with Crippen LogP contribution in [-0.2, 0) is 11.0 Å². The Hall–Kier alpha value is -2.07. The van der Waals surface area contributed by atoms with Gasteiger partial charge in [0.2, 0.25) is 0 Å². The van der Waals surface area contributed by atoms with Gasteiger partial charge in [-0.15, -0.1) is 0 Å². The molecule has 0 aromatic heterocycles. The molecule has 7 heteroatoms. The van der Waals surface area contributed by atoms with Crippen LogP contribution < -0.4 is 5.32 Å². The second kappa shape index (κ2) is 6.59. The zero-order chi connectivity index (χ0) is 16.2. The van der Waals surface area contributed by atoms with Crippen molar-refractivity contribution in [3.05, 3.63) is 29.3 Å². The number of amides is 1. The number of aliphatic hydroxyl groups excluding tert-OH is 1. The lowest BCUT2D eigenvalue weighted by atomic mass is 10.0. The molecule has 1 amide bonds. The zero-order valence-electron chi connectivity index (χ0n) is 11.5. The number of aliphatic hydroxyl groups is 1. The van der Waals surface area contributed by atoms with Gasteiger partial charge in [-0.1, -0.05) is 13.8 Å². The number of benzene rings is 1. The summed E-state index contributed by atoms with van der Waals surface area (Å²) in [4.78, 5) is 11.7. The fourth-order valence-corrected chi connectivity index (χ4v) is 1.73. The van der Waals surface area contributed by atoms with Crippen LogP contribution in [0, 0.1) is 17.2 Å². The summed E-state index contributed by atoms with van der Waals surface area (Å²) in [6.07, 6.45) is -5.79. The summed E-state index contributed by atoms with van der Waals surface area (Å²) in [6.45, 7) is 3.61. The fourth-order valence-electron chi connectivity index (χ4n) is 1.73. The first-order chi connectivity index (χ1) is 9.65. The first-order valence-electron chi connectivity index (χ1n) is 6.25. The zero-order valence-corrected chi connectivity index (χ0v) is 11.5. The van der Waals surface area contributed by atoms with Gasteiger partial charge >= 0.3 is 6.18 Å². The van der Waals surface area contributed by atoms with E-state index in [1.54, 1.807) is 13.8 Å². The number of nitrogens with zero attached hydrogens (tertiary/aromatic N) is 1. The van der Waals surface area contributed by atoms with Crippen molar-refractivity contribution in [1.29, 1.82) is 5.26 Å². The molecule has 0 bridgehead atoms. The molecule has 0 aliphatic rings. The molecule has 1 atom stereocenters. The third-order valence-corrected chi connectivity index (χ3v) is 2.71. The number of nitriles is 1. The highest BCUT2D eigenvalue weighted by atomic mass is 19.4. The van der Waals surface area contributed by atoms with Gasteiger partial charge < -0.3 is 10.4 Å². The van der Waals surface area contributed by atoms with Gasteiger partial charge in [-0.25, -0.2) is 0 Å². The Morgan fingerprint density at radius 3 is 2.52 bits per heavy atom. The van der Waals surface area contributed by atoms with E-state index in [0.717, 1.165) is 6.07 Å². The molecule has 114 valence electrons. The van der Waals surface area contributed by atoms with Crippen molar-refractivity contribution < 1.29 is 23.1 Å². The second-order valence-corrected chi connectivity index (χ2v) is 5.00. The van der Waals surface area contributed by atoms with Crippen LogP contribution in [0.25, 0.3) is 0 Å². The average Bonchev–Trinajstić information content (AvgIpc) is 2.36. The van der Waals surface area contributed by atoms with Crippen molar-refractivity contribution in [2.24, 2.45) is 5.92 Å². The molecule has 0 spiro atoms. The van der Waals surface area contributed by atoms with Gasteiger partial charge in [0, 0.05) is 5.69 Å². The molecule has 2 N–H and O–H groups in total. The van der Waals surface area contributed by atoms with Crippen molar-refractivity contribution in [2.75, 3.05) is 5.32 Å². The molecule has 0 saturated carbocycles. The summed E-state index contributed by atoms with van der Waals surface area (Å²) in [6, 6.07) is 4.30. The Morgan fingerprint density at radius 1 is 1.43 bits per heavy atom. The molecule has 0 saturated heterocycles. The number of rotatable bonds is 4. The van der Waals surface area contributed by atoms with Crippen molar-refractivity contribution in [2.45, 2.75) is 32.5 Å². The maximum absolute atomic E-state index is 12.8. The summed E-state index contributed by atoms with van der Waals surface area (Å²) in [7, 11) is 0. The number of halogens is 3. The first-order valence-corrected chi connectivity index (χ1v) is 6.25. The number of nitrogens with one attached hydrogen (secondary N) is 1. The highest BCUT2D eigenvalue weighted by Gasteiger charge is 2.34. The van der Waals surface area contributed by atoms with Crippen LogP contribution in [0.15, 0.2) is 18.2 Å². The van der Waals surface area contributed by atoms with Gasteiger partial charge in [0.05, 0.1) is 17.2 Å². The van der Waals surface area contributed by atoms with Crippen LogP contribution in [-0.4, -0.2) is 17.1 Å². The summed E-state index contributed by atoms with van der Waals surface area (Å²) >= 11 is 0. The van der Waals surface area contributed by atoms with E-state index in [-0.39, 0.29) is 18.0 Å². The summed E-state index contributed by atoms with van der Waals surface area (Å²) in [5, 5.41) is 20.5. The van der Waals surface area contributed by atoms with Gasteiger partial charge in [0.25, 0.3) is 5.91 Å². The molecule has 1 rings (SSSR count). The van der Waals surface area contributed by atoms with E-state index in [1.165, 1.54) is 12.1 Å². The van der Waals surface area contributed by atoms with Crippen LogP contribution >= 0.6 is 0 Å². The minimum atomic E-state index is -4.69. The normalized spacial score (nSPS) is 12.9. The van der Waals surface area contributed by atoms with Crippen LogP contribution in [0.3, 0.4) is 0 Å². The Bertz CT molecular complexity index is 562. The lowest BCUT2D eigenvalue weighted by Gasteiger charge is -2.15. The fraction of sp³-hybridized carbons (Fsp3) is 0.429. The standard InChI is InChI=1S/C14H15F3N2O2/c1-8(2)5-12(20)13(21)19-10-4-3-9(7-18)11(6-10)14(15,16)17/h3-4,6,8,12,20H,5H2,1-2H3,(H,19,21). The summed E-state index contributed by atoms with van der Waals surface area (Å²) < 4.78 is 38.3. The third kappa shape index (κ3) is 4.76. The van der Waals surface area contributed by atoms with E-state index >= 15 is 0 Å². The number of carbonyl (C=O) groups is 1. The second-order valence-electron chi connectivity index (χ2n) is 5.00. The summed E-state index contributed by atoms with van der Waals surface area (Å²) in [5.74, 6) is -0.709. The van der Waals surface area contributed by atoms with Crippen molar-refractivity contribution in [1.82, 2.24) is 0 Å². The molecule has 1 unspecified atom stereocenters. The topological polar surface area (TPSA) is 73.1 Å². The Labute approximate surface area is 120 Å². The number of alkyl halides is 3. The molecule has 0 radical (unpaired) electrons. The van der Waals surface area contributed by atoms with E-state index in [0.29, 0.717) is 6.07 Å². The Morgan fingerprint density at radius 2 is 2.05 bits per heavy atom. The Kier molecular flexibility index (Phi) is 5.33. The van der Waals surface area contributed by atoms with Crippen molar-refractivity contribution in [3.63, 3.8) is 0 Å². The van der Waals surface area contributed by atoms with Crippen molar-refractivity contribution >= 4 is 11.6 Å². The number of hydrogen-bond acceptors (Lipinski definition) is 3. The van der Waals surface area contributed by atoms with E-state index in [4.69, 9.17) is 5.26 Å². The molecule has 0 aliphatic carbocycles. The minimum absolute atomic E-state index is 0.0671. The minimum Gasteiger partial charge on any atom is -0.383 e. The molecule has 1 aromatic carbocycles. The largest absolute Gasteiger partial charge is 0.417 e. The van der Waals surface area contributed by atoms with Gasteiger partial charge in [-0.3, -0.25) is 4.79 Å². The SMILES string of the molecule is CC(C)CC(O)C(=O)Nc1ccc(C#N)c(C(F)(F)F)c1. The van der Waals surface area contributed by atoms with Crippen LogP contribution in [0.2, 0.25) is 0 Å². The molecular formula is C14H15F3N2O2. The quantitative estimate of drug-likeness (QED) is 0.898. The van der Waals surface area contributed by atoms with Gasteiger partial charge in [0.15, 0.2) is 0 Å². The van der Waals surface area contributed by atoms with E-state index in [2.05, 4.69) is 5.32 Å². The predicted octanol–water partition coefficient (Wildman–Crippen LogP) is 2.92. The molecule has 21 heavy (non-hydrogen) atoms. The molecule has 0 aliphatic heterocycles. The van der Waals surface area contributed by atoms with E-state index in [1.807, 2.05) is 0 Å². The van der Waals surface area contributed by atoms with E-state index < -0.39 is 29.3 Å². The van der Waals surface area contributed by atoms with Gasteiger partial charge in [-0.2, -0.15) is 18.4 Å². The van der Waals surface area contributed by atoms with Crippen molar-refractivity contribution in [3.8, 4) is 6.07 Å². The predicted molar refractivity (Wildman–Crippen MR) is 70.3 cm³/mol. The maximum atomic E-state index is 12.8. The molecule has 4 nitrogen and oxygen atoms in total. The first kappa shape index (κ1) is 17.0. The Balaban J connectivity index is 2.96. The van der Waals surface area contributed by atoms with Crippen LogP contribution in [0.4, 0.5) is 18.9 Å². The number of hydrogen-bond donors (Lipinski definition) is 2. The smallest absolute Gasteiger partial charge is 0.383 e. The third-order valence-electron chi connectivity index (χ3n) is 2.71. The number of carbonyl (C=O) groups excluding carboxylic acids is 1. The number of anilines is 1. The lowest BCUT2D eigenvalue weighted by Crippen LogP contribution is -2.29. The van der Waals surface area contributed by atoms with Crippen LogP contribution in [0.1, 0.15) is 31.4 Å². The molecule has 0 fully saturated rings. The van der Waals surface area contributed by atoms with Crippen LogP contribution in [0.5, 0.6) is 0 Å². The van der Waals surface area contributed by atoms with Gasteiger partial charge in [0.1, 0.15) is 6.10 Å². The average molecular weight is 300 g/mol. The molecular weight excluding hydrogens is 285 g/mol. The van der Waals surface area contributed by atoms with Gasteiger partial charge in [-0.05, 0) is 30.5 Å². The lowest BCUT2D eigenvalue weighted by molar-refractivity contribution is -0.137. The highest BCUT2D eigenvalue weighted by Crippen LogP contribution is 2.33. The molecule has 0 heterocycles. The summed E-state index contributed by atoms with van der Waals surface area (Å²) in [5.41, 5.74) is -1.77.